The number of aryl methyl sites for hydroxylation is 1. The van der Waals surface area contributed by atoms with Crippen molar-refractivity contribution in [2.75, 3.05) is 11.4 Å². The van der Waals surface area contributed by atoms with Crippen LogP contribution in [0.1, 0.15) is 20.8 Å². The van der Waals surface area contributed by atoms with Crippen LogP contribution in [0.4, 0.5) is 10.7 Å². The largest absolute Gasteiger partial charge is 0.300 e. The Morgan fingerprint density at radius 2 is 2.08 bits per heavy atom. The topological polar surface area (TPSA) is 60.0 Å². The average molecular weight is 353 g/mol. The van der Waals surface area contributed by atoms with Crippen molar-refractivity contribution < 1.29 is 4.79 Å². The van der Waals surface area contributed by atoms with Crippen LogP contribution in [0, 0.1) is 13.8 Å². The number of amides is 1. The SMILES string of the molecule is C=CCN1C(=O)c2c(sc(C)c2C)N2C(=Nc3ccccc3)NNC12. The smallest absolute Gasteiger partial charge is 0.260 e. The minimum absolute atomic E-state index is 0.0215. The molecule has 6 nitrogen and oxygen atoms in total. The van der Waals surface area contributed by atoms with Gasteiger partial charge in [0.1, 0.15) is 5.00 Å². The molecule has 2 aromatic rings. The van der Waals surface area contributed by atoms with E-state index in [1.807, 2.05) is 44.2 Å². The van der Waals surface area contributed by atoms with Crippen LogP contribution in [-0.4, -0.2) is 29.6 Å². The number of hydrogen-bond donors (Lipinski definition) is 2. The van der Waals surface area contributed by atoms with Gasteiger partial charge >= 0.3 is 0 Å². The number of hydrazine groups is 1. The van der Waals surface area contributed by atoms with Gasteiger partial charge in [0, 0.05) is 11.4 Å². The summed E-state index contributed by atoms with van der Waals surface area (Å²) >= 11 is 1.62. The Kier molecular flexibility index (Phi) is 3.82. The van der Waals surface area contributed by atoms with E-state index >= 15 is 0 Å². The zero-order valence-electron chi connectivity index (χ0n) is 14.1. The van der Waals surface area contributed by atoms with Gasteiger partial charge in [-0.25, -0.2) is 4.99 Å². The summed E-state index contributed by atoms with van der Waals surface area (Å²) in [4.78, 5) is 22.7. The standard InChI is InChI=1S/C18H19N5OS/c1-4-10-22-15(24)14-11(2)12(3)25-16(14)23-17(20-21-18(22)23)19-13-8-6-5-7-9-13/h4-9,18,21H,1,10H2,2-3H3,(H,19,20). The summed E-state index contributed by atoms with van der Waals surface area (Å²) in [6, 6.07) is 9.76. The summed E-state index contributed by atoms with van der Waals surface area (Å²) in [5.41, 5.74) is 8.94. The van der Waals surface area contributed by atoms with Crippen LogP contribution in [0.25, 0.3) is 0 Å². The number of hydrogen-bond acceptors (Lipinski definition) is 4. The number of thiophene rings is 1. The third-order valence-corrected chi connectivity index (χ3v) is 5.66. The molecule has 1 saturated heterocycles. The summed E-state index contributed by atoms with van der Waals surface area (Å²) in [7, 11) is 0. The number of carbonyl (C=O) groups is 1. The van der Waals surface area contributed by atoms with Gasteiger partial charge in [-0.2, -0.15) is 5.43 Å². The first-order valence-electron chi connectivity index (χ1n) is 8.08. The minimum Gasteiger partial charge on any atom is -0.300 e. The van der Waals surface area contributed by atoms with Crippen molar-refractivity contribution >= 4 is 33.9 Å². The first-order valence-corrected chi connectivity index (χ1v) is 8.90. The fourth-order valence-corrected chi connectivity index (χ4v) is 4.28. The molecule has 7 heteroatoms. The molecule has 1 aromatic carbocycles. The molecule has 1 aromatic heterocycles. The zero-order chi connectivity index (χ0) is 17.6. The van der Waals surface area contributed by atoms with Crippen molar-refractivity contribution in [3.8, 4) is 0 Å². The summed E-state index contributed by atoms with van der Waals surface area (Å²) in [6.07, 6.45) is 1.42. The maximum absolute atomic E-state index is 13.0. The predicted molar refractivity (Wildman–Crippen MR) is 101 cm³/mol. The number of guanidine groups is 1. The normalized spacial score (nSPS) is 20.5. The van der Waals surface area contributed by atoms with Crippen LogP contribution in [0.15, 0.2) is 48.0 Å². The summed E-state index contributed by atoms with van der Waals surface area (Å²) in [5.74, 6) is 0.702. The molecular formula is C18H19N5OS. The van der Waals surface area contributed by atoms with Gasteiger partial charge in [0.2, 0.25) is 5.96 Å². The van der Waals surface area contributed by atoms with Gasteiger partial charge in [-0.15, -0.1) is 17.9 Å². The molecule has 128 valence electrons. The molecule has 1 fully saturated rings. The number of aliphatic imine (C=N–C) groups is 1. The highest BCUT2D eigenvalue weighted by molar-refractivity contribution is 7.17. The molecule has 0 radical (unpaired) electrons. The molecule has 25 heavy (non-hydrogen) atoms. The van der Waals surface area contributed by atoms with Crippen molar-refractivity contribution in [1.82, 2.24) is 15.8 Å². The molecule has 2 aliphatic rings. The molecule has 2 aliphatic heterocycles. The lowest BCUT2D eigenvalue weighted by Gasteiger charge is -2.37. The van der Waals surface area contributed by atoms with Crippen molar-refractivity contribution in [3.05, 3.63) is 59.0 Å². The number of carbonyl (C=O) groups excluding carboxylic acids is 1. The number of nitrogens with zero attached hydrogens (tertiary/aromatic N) is 3. The Balaban J connectivity index is 1.85. The van der Waals surface area contributed by atoms with Crippen LogP contribution in [-0.2, 0) is 0 Å². The van der Waals surface area contributed by atoms with Crippen LogP contribution >= 0.6 is 11.3 Å². The van der Waals surface area contributed by atoms with E-state index in [1.54, 1.807) is 22.3 Å². The lowest BCUT2D eigenvalue weighted by atomic mass is 10.1. The van der Waals surface area contributed by atoms with Crippen LogP contribution in [0.5, 0.6) is 0 Å². The van der Waals surface area contributed by atoms with Gasteiger partial charge in [0.15, 0.2) is 6.29 Å². The summed E-state index contributed by atoms with van der Waals surface area (Å²) < 4.78 is 0. The quantitative estimate of drug-likeness (QED) is 0.833. The maximum atomic E-state index is 13.0. The highest BCUT2D eigenvalue weighted by Gasteiger charge is 2.45. The molecule has 0 aliphatic carbocycles. The molecule has 1 atom stereocenters. The van der Waals surface area contributed by atoms with Gasteiger partial charge in [0.05, 0.1) is 11.3 Å². The van der Waals surface area contributed by atoms with Crippen LogP contribution < -0.4 is 15.8 Å². The van der Waals surface area contributed by atoms with Crippen molar-refractivity contribution in [3.63, 3.8) is 0 Å². The lowest BCUT2D eigenvalue weighted by molar-refractivity contribution is 0.0668. The van der Waals surface area contributed by atoms with Crippen LogP contribution in [0.2, 0.25) is 0 Å². The Morgan fingerprint density at radius 3 is 2.80 bits per heavy atom. The molecule has 0 spiro atoms. The van der Waals surface area contributed by atoms with E-state index in [9.17, 15) is 4.79 Å². The number of nitrogens with one attached hydrogen (secondary N) is 2. The summed E-state index contributed by atoms with van der Waals surface area (Å²) in [6.45, 7) is 8.29. The van der Waals surface area contributed by atoms with Gasteiger partial charge in [0.25, 0.3) is 5.91 Å². The molecule has 1 unspecified atom stereocenters. The third-order valence-electron chi connectivity index (χ3n) is 4.46. The predicted octanol–water partition coefficient (Wildman–Crippen LogP) is 2.89. The minimum atomic E-state index is -0.321. The zero-order valence-corrected chi connectivity index (χ0v) is 14.9. The van der Waals surface area contributed by atoms with Crippen molar-refractivity contribution in [2.45, 2.75) is 20.1 Å². The lowest BCUT2D eigenvalue weighted by Crippen LogP contribution is -2.57. The number of benzene rings is 1. The monoisotopic (exact) mass is 353 g/mol. The molecule has 3 heterocycles. The number of anilines is 1. The van der Waals surface area contributed by atoms with E-state index < -0.39 is 0 Å². The van der Waals surface area contributed by atoms with Crippen LogP contribution in [0.3, 0.4) is 0 Å². The second kappa shape index (κ2) is 6.02. The fourth-order valence-electron chi connectivity index (χ4n) is 3.11. The van der Waals surface area contributed by atoms with E-state index in [4.69, 9.17) is 4.99 Å². The van der Waals surface area contributed by atoms with Crippen molar-refractivity contribution in [2.24, 2.45) is 4.99 Å². The first kappa shape index (κ1) is 15.9. The molecular weight excluding hydrogens is 334 g/mol. The van der Waals surface area contributed by atoms with E-state index in [-0.39, 0.29) is 12.2 Å². The van der Waals surface area contributed by atoms with Gasteiger partial charge in [-0.3, -0.25) is 20.0 Å². The summed E-state index contributed by atoms with van der Waals surface area (Å²) in [5, 5.41) is 0.928. The van der Waals surface area contributed by atoms with E-state index in [2.05, 4.69) is 22.3 Å². The average Bonchev–Trinajstić information content (AvgIpc) is 3.14. The van der Waals surface area contributed by atoms with Crippen molar-refractivity contribution in [1.29, 1.82) is 0 Å². The highest BCUT2D eigenvalue weighted by Crippen LogP contribution is 2.41. The molecule has 0 saturated carbocycles. The van der Waals surface area contributed by atoms with E-state index in [0.29, 0.717) is 12.5 Å². The molecule has 0 bridgehead atoms. The molecule has 2 N–H and O–H groups in total. The van der Waals surface area contributed by atoms with E-state index in [1.165, 1.54) is 0 Å². The Bertz CT molecular complexity index is 873. The number of fused-ring (bicyclic) bond motifs is 3. The van der Waals surface area contributed by atoms with Gasteiger partial charge < -0.3 is 0 Å². The fraction of sp³-hybridized carbons (Fsp3) is 0.222. The molecule has 1 amide bonds. The number of rotatable bonds is 3. The Hall–Kier alpha value is -2.64. The Labute approximate surface area is 150 Å². The maximum Gasteiger partial charge on any atom is 0.260 e. The second-order valence-electron chi connectivity index (χ2n) is 5.99. The molecule has 4 rings (SSSR count). The Morgan fingerprint density at radius 1 is 1.32 bits per heavy atom. The number of para-hydroxylation sites is 1. The van der Waals surface area contributed by atoms with Gasteiger partial charge in [-0.05, 0) is 31.5 Å². The first-order chi connectivity index (χ1) is 12.1. The van der Waals surface area contributed by atoms with E-state index in [0.717, 1.165) is 26.7 Å². The second-order valence-corrected chi connectivity index (χ2v) is 7.20. The van der Waals surface area contributed by atoms with Gasteiger partial charge in [-0.1, -0.05) is 24.3 Å². The third kappa shape index (κ3) is 2.43. The highest BCUT2D eigenvalue weighted by atomic mass is 32.1.